The van der Waals surface area contributed by atoms with Gasteiger partial charge >= 0.3 is 12.0 Å². The first-order valence-electron chi connectivity index (χ1n) is 8.64. The van der Waals surface area contributed by atoms with Crippen LogP contribution >= 0.6 is 0 Å². The minimum absolute atomic E-state index is 0.222. The molecule has 8 heteroatoms. The van der Waals surface area contributed by atoms with Gasteiger partial charge in [0.1, 0.15) is 0 Å². The maximum atomic E-state index is 12.6. The van der Waals surface area contributed by atoms with E-state index in [9.17, 15) is 14.4 Å². The highest BCUT2D eigenvalue weighted by Crippen LogP contribution is 2.21. The predicted molar refractivity (Wildman–Crippen MR) is 101 cm³/mol. The van der Waals surface area contributed by atoms with Crippen LogP contribution in [0.25, 0.3) is 11.0 Å². The molecular weight excluding hydrogens is 360 g/mol. The second-order valence-corrected chi connectivity index (χ2v) is 5.80. The van der Waals surface area contributed by atoms with Crippen LogP contribution in [-0.2, 0) is 9.53 Å². The Morgan fingerprint density at radius 3 is 2.43 bits per heavy atom. The summed E-state index contributed by atoms with van der Waals surface area (Å²) in [4.78, 5) is 45.2. The second-order valence-electron chi connectivity index (χ2n) is 5.80. The SMILES string of the molecule is CCNC(=O)NC(=O)[C@@H](OC(=O)c1ccc2nccnc2c1)c1ccccc1. The predicted octanol–water partition coefficient (Wildman–Crippen LogP) is 2.37. The van der Waals surface area contributed by atoms with Crippen molar-refractivity contribution < 1.29 is 19.1 Å². The summed E-state index contributed by atoms with van der Waals surface area (Å²) in [6.45, 7) is 2.08. The maximum absolute atomic E-state index is 12.6. The summed E-state index contributed by atoms with van der Waals surface area (Å²) >= 11 is 0. The molecule has 1 heterocycles. The lowest BCUT2D eigenvalue weighted by Crippen LogP contribution is -2.42. The number of hydrogen-bond acceptors (Lipinski definition) is 6. The van der Waals surface area contributed by atoms with Crippen molar-refractivity contribution in [2.75, 3.05) is 6.54 Å². The number of fused-ring (bicyclic) bond motifs is 1. The van der Waals surface area contributed by atoms with E-state index in [2.05, 4.69) is 20.6 Å². The van der Waals surface area contributed by atoms with Gasteiger partial charge < -0.3 is 10.1 Å². The standard InChI is InChI=1S/C20H18N4O4/c1-2-21-20(27)24-18(25)17(13-6-4-3-5-7-13)28-19(26)14-8-9-15-16(12-14)23-11-10-22-15/h3-12,17H,2H2,1H3,(H2,21,24,25,27)/t17-/m0/s1. The zero-order chi connectivity index (χ0) is 19.9. The largest absolute Gasteiger partial charge is 0.444 e. The Kier molecular flexibility index (Phi) is 5.91. The van der Waals surface area contributed by atoms with E-state index in [-0.39, 0.29) is 5.56 Å². The van der Waals surface area contributed by atoms with E-state index in [0.717, 1.165) is 0 Å². The van der Waals surface area contributed by atoms with Gasteiger partial charge in [-0.3, -0.25) is 20.1 Å². The monoisotopic (exact) mass is 378 g/mol. The highest BCUT2D eigenvalue weighted by Gasteiger charge is 2.27. The number of benzene rings is 2. The first-order valence-corrected chi connectivity index (χ1v) is 8.64. The second kappa shape index (κ2) is 8.72. The molecule has 2 aromatic carbocycles. The Bertz CT molecular complexity index is 1010. The number of carbonyl (C=O) groups is 3. The number of esters is 1. The lowest BCUT2D eigenvalue weighted by molar-refractivity contribution is -0.129. The average molecular weight is 378 g/mol. The first kappa shape index (κ1) is 19.0. The van der Waals surface area contributed by atoms with Gasteiger partial charge in [0.15, 0.2) is 0 Å². The van der Waals surface area contributed by atoms with E-state index in [0.29, 0.717) is 23.1 Å². The lowest BCUT2D eigenvalue weighted by atomic mass is 10.1. The zero-order valence-electron chi connectivity index (χ0n) is 15.1. The number of nitrogens with one attached hydrogen (secondary N) is 2. The van der Waals surface area contributed by atoms with E-state index in [1.54, 1.807) is 55.6 Å². The number of aromatic nitrogens is 2. The van der Waals surface area contributed by atoms with Crippen molar-refractivity contribution in [2.24, 2.45) is 0 Å². The van der Waals surface area contributed by atoms with Crippen LogP contribution in [-0.4, -0.2) is 34.4 Å². The van der Waals surface area contributed by atoms with Gasteiger partial charge in [0.05, 0.1) is 16.6 Å². The number of amides is 3. The normalized spacial score (nSPS) is 11.5. The van der Waals surface area contributed by atoms with Gasteiger partial charge in [-0.05, 0) is 25.1 Å². The summed E-state index contributed by atoms with van der Waals surface area (Å²) in [7, 11) is 0. The molecule has 2 N–H and O–H groups in total. The Morgan fingerprint density at radius 2 is 1.71 bits per heavy atom. The molecular formula is C20H18N4O4. The third-order valence-electron chi connectivity index (χ3n) is 3.84. The van der Waals surface area contributed by atoms with E-state index in [1.165, 1.54) is 12.3 Å². The average Bonchev–Trinajstić information content (AvgIpc) is 2.72. The number of urea groups is 1. The summed E-state index contributed by atoms with van der Waals surface area (Å²) < 4.78 is 5.43. The molecule has 142 valence electrons. The molecule has 28 heavy (non-hydrogen) atoms. The molecule has 0 unspecified atom stereocenters. The molecule has 3 rings (SSSR count). The number of rotatable bonds is 5. The van der Waals surface area contributed by atoms with Crippen molar-refractivity contribution in [1.29, 1.82) is 0 Å². The first-order chi connectivity index (χ1) is 13.6. The molecule has 3 aromatic rings. The lowest BCUT2D eigenvalue weighted by Gasteiger charge is -2.17. The van der Waals surface area contributed by atoms with Crippen LogP contribution in [0.2, 0.25) is 0 Å². The molecule has 0 radical (unpaired) electrons. The highest BCUT2D eigenvalue weighted by molar-refractivity contribution is 5.99. The third kappa shape index (κ3) is 4.47. The van der Waals surface area contributed by atoms with Crippen LogP contribution < -0.4 is 10.6 Å². The zero-order valence-corrected chi connectivity index (χ0v) is 15.1. The fourth-order valence-corrected chi connectivity index (χ4v) is 2.55. The maximum Gasteiger partial charge on any atom is 0.339 e. The van der Waals surface area contributed by atoms with Gasteiger partial charge in [0.25, 0.3) is 5.91 Å². The quantitative estimate of drug-likeness (QED) is 0.660. The van der Waals surface area contributed by atoms with Crippen molar-refractivity contribution >= 4 is 28.9 Å². The van der Waals surface area contributed by atoms with Gasteiger partial charge in [-0.2, -0.15) is 0 Å². The number of imide groups is 1. The van der Waals surface area contributed by atoms with Crippen LogP contribution in [0.5, 0.6) is 0 Å². The van der Waals surface area contributed by atoms with Crippen LogP contribution in [0.1, 0.15) is 28.9 Å². The van der Waals surface area contributed by atoms with Gasteiger partial charge in [0.2, 0.25) is 6.10 Å². The summed E-state index contributed by atoms with van der Waals surface area (Å²) in [5.41, 5.74) is 1.82. The van der Waals surface area contributed by atoms with Crippen molar-refractivity contribution in [2.45, 2.75) is 13.0 Å². The summed E-state index contributed by atoms with van der Waals surface area (Å²) in [6, 6.07) is 12.5. The van der Waals surface area contributed by atoms with Gasteiger partial charge in [-0.1, -0.05) is 30.3 Å². The molecule has 0 saturated heterocycles. The summed E-state index contributed by atoms with van der Waals surface area (Å²) in [5, 5.41) is 4.64. The molecule has 0 saturated carbocycles. The third-order valence-corrected chi connectivity index (χ3v) is 3.84. The minimum atomic E-state index is -1.28. The van der Waals surface area contributed by atoms with Crippen LogP contribution in [0.4, 0.5) is 4.79 Å². The molecule has 8 nitrogen and oxygen atoms in total. The Labute approximate surface area is 160 Å². The molecule has 3 amide bonds. The molecule has 1 atom stereocenters. The van der Waals surface area contributed by atoms with E-state index in [1.807, 2.05) is 0 Å². The molecule has 0 spiro atoms. The topological polar surface area (TPSA) is 110 Å². The number of hydrogen-bond donors (Lipinski definition) is 2. The van der Waals surface area contributed by atoms with Crippen molar-refractivity contribution in [3.63, 3.8) is 0 Å². The summed E-state index contributed by atoms with van der Waals surface area (Å²) in [5.74, 6) is -1.46. The van der Waals surface area contributed by atoms with Crippen LogP contribution in [0.15, 0.2) is 60.9 Å². The van der Waals surface area contributed by atoms with Gasteiger partial charge in [-0.15, -0.1) is 0 Å². The Balaban J connectivity index is 1.84. The smallest absolute Gasteiger partial charge is 0.339 e. The van der Waals surface area contributed by atoms with Crippen molar-refractivity contribution in [1.82, 2.24) is 20.6 Å². The molecule has 0 aliphatic heterocycles. The molecule has 0 aliphatic carbocycles. The van der Waals surface area contributed by atoms with Crippen molar-refractivity contribution in [3.05, 3.63) is 72.1 Å². The van der Waals surface area contributed by atoms with E-state index < -0.39 is 24.0 Å². The Hall–Kier alpha value is -3.81. The minimum Gasteiger partial charge on any atom is -0.444 e. The molecule has 0 bridgehead atoms. The van der Waals surface area contributed by atoms with Crippen molar-refractivity contribution in [3.8, 4) is 0 Å². The van der Waals surface area contributed by atoms with Gasteiger partial charge in [-0.25, -0.2) is 9.59 Å². The Morgan fingerprint density at radius 1 is 1.00 bits per heavy atom. The number of carbonyl (C=O) groups excluding carboxylic acids is 3. The molecule has 1 aromatic heterocycles. The van der Waals surface area contributed by atoms with Gasteiger partial charge in [0, 0.05) is 24.5 Å². The number of ether oxygens (including phenoxy) is 1. The molecule has 0 fully saturated rings. The highest BCUT2D eigenvalue weighted by atomic mass is 16.5. The number of nitrogens with zero attached hydrogens (tertiary/aromatic N) is 2. The molecule has 0 aliphatic rings. The van der Waals surface area contributed by atoms with E-state index >= 15 is 0 Å². The van der Waals surface area contributed by atoms with Crippen LogP contribution in [0.3, 0.4) is 0 Å². The fourth-order valence-electron chi connectivity index (χ4n) is 2.55. The van der Waals surface area contributed by atoms with E-state index in [4.69, 9.17) is 4.74 Å². The fraction of sp³-hybridized carbons (Fsp3) is 0.150. The van der Waals surface area contributed by atoms with Crippen LogP contribution in [0, 0.1) is 0 Å². The summed E-state index contributed by atoms with van der Waals surface area (Å²) in [6.07, 6.45) is 1.79.